The van der Waals surface area contributed by atoms with Crippen LogP contribution in [-0.2, 0) is 0 Å². The first-order valence-electron chi connectivity index (χ1n) is 5.42. The number of nitrogens with zero attached hydrogens (tertiary/aromatic N) is 1. The highest BCUT2D eigenvalue weighted by molar-refractivity contribution is 4.85. The Hall–Kier alpha value is -0.0800. The Morgan fingerprint density at radius 1 is 1.23 bits per heavy atom. The van der Waals surface area contributed by atoms with Crippen LogP contribution in [0.4, 0.5) is 0 Å². The van der Waals surface area contributed by atoms with E-state index in [2.05, 4.69) is 32.6 Å². The van der Waals surface area contributed by atoms with E-state index in [4.69, 9.17) is 0 Å². The van der Waals surface area contributed by atoms with Gasteiger partial charge in [0.2, 0.25) is 0 Å². The van der Waals surface area contributed by atoms with Gasteiger partial charge in [-0.1, -0.05) is 13.8 Å². The van der Waals surface area contributed by atoms with Gasteiger partial charge in [0.15, 0.2) is 0 Å². The molecule has 0 aromatic rings. The number of hydrogen-bond acceptors (Lipinski definition) is 2. The predicted molar refractivity (Wildman–Crippen MR) is 55.7 cm³/mol. The van der Waals surface area contributed by atoms with Crippen LogP contribution in [0.15, 0.2) is 0 Å². The minimum Gasteiger partial charge on any atom is -0.391 e. The van der Waals surface area contributed by atoms with Gasteiger partial charge >= 0.3 is 0 Å². The lowest BCUT2D eigenvalue weighted by Crippen LogP contribution is -2.29. The van der Waals surface area contributed by atoms with Crippen molar-refractivity contribution in [2.75, 3.05) is 13.1 Å². The molecule has 0 unspecified atom stereocenters. The summed E-state index contributed by atoms with van der Waals surface area (Å²) < 4.78 is 0. The van der Waals surface area contributed by atoms with E-state index in [-0.39, 0.29) is 6.10 Å². The molecule has 1 aliphatic heterocycles. The van der Waals surface area contributed by atoms with Gasteiger partial charge in [0, 0.05) is 19.1 Å². The fourth-order valence-corrected chi connectivity index (χ4v) is 2.15. The highest BCUT2D eigenvalue weighted by atomic mass is 16.3. The van der Waals surface area contributed by atoms with E-state index in [9.17, 15) is 5.11 Å². The summed E-state index contributed by atoms with van der Waals surface area (Å²) in [5.74, 6) is 1.20. The quantitative estimate of drug-likeness (QED) is 0.724. The molecule has 0 amide bonds. The molecule has 13 heavy (non-hydrogen) atoms. The molecule has 1 fully saturated rings. The van der Waals surface area contributed by atoms with Gasteiger partial charge < -0.3 is 5.11 Å². The molecule has 1 saturated heterocycles. The highest BCUT2D eigenvalue weighted by Crippen LogP contribution is 2.24. The summed E-state index contributed by atoms with van der Waals surface area (Å²) in [5, 5.41) is 9.82. The highest BCUT2D eigenvalue weighted by Gasteiger charge is 2.32. The maximum Gasteiger partial charge on any atom is 0.0707 e. The molecular formula is C11H23NO. The summed E-state index contributed by atoms with van der Waals surface area (Å²) in [5.41, 5.74) is 0. The van der Waals surface area contributed by atoms with E-state index >= 15 is 0 Å². The second-order valence-corrected chi connectivity index (χ2v) is 5.00. The standard InChI is InChI=1S/C11H23NO/c1-8(2)5-10-6-12(9(3)4)7-11(10)13/h8-11,13H,5-7H2,1-4H3/t10-,11-/m0/s1. The lowest BCUT2D eigenvalue weighted by atomic mass is 9.95. The summed E-state index contributed by atoms with van der Waals surface area (Å²) in [6.45, 7) is 10.8. The number of β-amino-alcohol motifs (C(OH)–C–C–N with tert-alkyl or cyclic N) is 1. The normalized spacial score (nSPS) is 30.7. The van der Waals surface area contributed by atoms with Crippen LogP contribution in [0.5, 0.6) is 0 Å². The molecule has 2 atom stereocenters. The van der Waals surface area contributed by atoms with E-state index in [0.29, 0.717) is 17.9 Å². The van der Waals surface area contributed by atoms with Crippen molar-refractivity contribution in [1.82, 2.24) is 4.90 Å². The fourth-order valence-electron chi connectivity index (χ4n) is 2.15. The summed E-state index contributed by atoms with van der Waals surface area (Å²) in [6.07, 6.45) is 1.06. The third kappa shape index (κ3) is 2.96. The lowest BCUT2D eigenvalue weighted by molar-refractivity contribution is 0.129. The number of aliphatic hydroxyl groups excluding tert-OH is 1. The summed E-state index contributed by atoms with van der Waals surface area (Å²) >= 11 is 0. The third-order valence-electron chi connectivity index (χ3n) is 2.94. The smallest absolute Gasteiger partial charge is 0.0707 e. The van der Waals surface area contributed by atoms with Crippen molar-refractivity contribution in [2.24, 2.45) is 11.8 Å². The number of likely N-dealkylation sites (tertiary alicyclic amines) is 1. The van der Waals surface area contributed by atoms with Crippen molar-refractivity contribution in [3.8, 4) is 0 Å². The number of hydrogen-bond donors (Lipinski definition) is 1. The fraction of sp³-hybridized carbons (Fsp3) is 1.00. The molecular weight excluding hydrogens is 162 g/mol. The molecule has 0 saturated carbocycles. The van der Waals surface area contributed by atoms with Crippen molar-refractivity contribution < 1.29 is 5.11 Å². The summed E-state index contributed by atoms with van der Waals surface area (Å²) in [7, 11) is 0. The molecule has 2 nitrogen and oxygen atoms in total. The van der Waals surface area contributed by atoms with Crippen LogP contribution in [-0.4, -0.2) is 35.2 Å². The summed E-state index contributed by atoms with van der Waals surface area (Å²) in [6, 6.07) is 0.576. The lowest BCUT2D eigenvalue weighted by Gasteiger charge is -2.20. The molecule has 0 aromatic heterocycles. The average Bonchev–Trinajstić information content (AvgIpc) is 2.31. The molecule has 1 heterocycles. The van der Waals surface area contributed by atoms with E-state index in [1.165, 1.54) is 0 Å². The van der Waals surface area contributed by atoms with Gasteiger partial charge in [0.1, 0.15) is 0 Å². The third-order valence-corrected chi connectivity index (χ3v) is 2.94. The maximum absolute atomic E-state index is 9.82. The van der Waals surface area contributed by atoms with Gasteiger partial charge in [0.25, 0.3) is 0 Å². The summed E-state index contributed by atoms with van der Waals surface area (Å²) in [4.78, 5) is 2.37. The van der Waals surface area contributed by atoms with Gasteiger partial charge in [-0.3, -0.25) is 4.90 Å². The van der Waals surface area contributed by atoms with Crippen LogP contribution in [0, 0.1) is 11.8 Å². The Morgan fingerprint density at radius 2 is 1.85 bits per heavy atom. The molecule has 2 heteroatoms. The Labute approximate surface area is 81.9 Å². The van der Waals surface area contributed by atoms with E-state index in [1.807, 2.05) is 0 Å². The molecule has 0 radical (unpaired) electrons. The molecule has 1 rings (SSSR count). The van der Waals surface area contributed by atoms with E-state index in [0.717, 1.165) is 19.5 Å². The van der Waals surface area contributed by atoms with Crippen molar-refractivity contribution in [2.45, 2.75) is 46.3 Å². The minimum atomic E-state index is -0.0928. The van der Waals surface area contributed by atoms with Crippen LogP contribution < -0.4 is 0 Å². The molecule has 1 N–H and O–H groups in total. The van der Waals surface area contributed by atoms with Crippen molar-refractivity contribution >= 4 is 0 Å². The van der Waals surface area contributed by atoms with Crippen molar-refractivity contribution in [3.05, 3.63) is 0 Å². The maximum atomic E-state index is 9.82. The predicted octanol–water partition coefficient (Wildman–Crippen LogP) is 1.73. The van der Waals surface area contributed by atoms with Gasteiger partial charge in [0.05, 0.1) is 6.10 Å². The molecule has 1 aliphatic rings. The topological polar surface area (TPSA) is 23.5 Å². The molecule has 0 aliphatic carbocycles. The zero-order valence-corrected chi connectivity index (χ0v) is 9.33. The van der Waals surface area contributed by atoms with Crippen LogP contribution in [0.25, 0.3) is 0 Å². The van der Waals surface area contributed by atoms with E-state index in [1.54, 1.807) is 0 Å². The van der Waals surface area contributed by atoms with Crippen LogP contribution >= 0.6 is 0 Å². The minimum absolute atomic E-state index is 0.0928. The number of rotatable bonds is 3. The first-order valence-corrected chi connectivity index (χ1v) is 5.42. The molecule has 0 aromatic carbocycles. The Morgan fingerprint density at radius 3 is 2.23 bits per heavy atom. The van der Waals surface area contributed by atoms with Gasteiger partial charge in [-0.05, 0) is 32.1 Å². The van der Waals surface area contributed by atoms with Crippen molar-refractivity contribution in [3.63, 3.8) is 0 Å². The van der Waals surface area contributed by atoms with Gasteiger partial charge in [-0.15, -0.1) is 0 Å². The molecule has 78 valence electrons. The average molecular weight is 185 g/mol. The Bertz CT molecular complexity index is 156. The van der Waals surface area contributed by atoms with Gasteiger partial charge in [-0.2, -0.15) is 0 Å². The SMILES string of the molecule is CC(C)C[C@H]1CN(C(C)C)C[C@@H]1O. The van der Waals surface area contributed by atoms with E-state index < -0.39 is 0 Å². The Balaban J connectivity index is 2.42. The monoisotopic (exact) mass is 185 g/mol. The van der Waals surface area contributed by atoms with Crippen LogP contribution in [0.3, 0.4) is 0 Å². The largest absolute Gasteiger partial charge is 0.391 e. The zero-order valence-electron chi connectivity index (χ0n) is 9.33. The second-order valence-electron chi connectivity index (χ2n) is 5.00. The van der Waals surface area contributed by atoms with Crippen LogP contribution in [0.2, 0.25) is 0 Å². The van der Waals surface area contributed by atoms with Crippen LogP contribution in [0.1, 0.15) is 34.1 Å². The van der Waals surface area contributed by atoms with Crippen molar-refractivity contribution in [1.29, 1.82) is 0 Å². The zero-order chi connectivity index (χ0) is 10.0. The van der Waals surface area contributed by atoms with Gasteiger partial charge in [-0.25, -0.2) is 0 Å². The molecule has 0 bridgehead atoms. The first-order chi connectivity index (χ1) is 6.00. The molecule has 0 spiro atoms. The second kappa shape index (κ2) is 4.43. The Kier molecular flexibility index (Phi) is 3.74. The number of aliphatic hydroxyl groups is 1. The first kappa shape index (κ1) is 11.0.